The highest BCUT2D eigenvalue weighted by atomic mass is 16.5. The number of allylic oxidation sites excluding steroid dienone is 3. The summed E-state index contributed by atoms with van der Waals surface area (Å²) in [4.78, 5) is 0. The molecular weight excluding hydrogens is 268 g/mol. The van der Waals surface area contributed by atoms with Crippen molar-refractivity contribution in [1.29, 1.82) is 0 Å². The summed E-state index contributed by atoms with van der Waals surface area (Å²) in [5.41, 5.74) is 5.57. The minimum atomic E-state index is 0.419. The molecule has 0 N–H and O–H groups in total. The van der Waals surface area contributed by atoms with Crippen molar-refractivity contribution >= 4 is 5.57 Å². The van der Waals surface area contributed by atoms with Crippen LogP contribution in [-0.2, 0) is 6.42 Å². The monoisotopic (exact) mass is 298 g/mol. The Labute approximate surface area is 136 Å². The van der Waals surface area contributed by atoms with Gasteiger partial charge in [-0.3, -0.25) is 0 Å². The van der Waals surface area contributed by atoms with Crippen LogP contribution >= 0.6 is 0 Å². The van der Waals surface area contributed by atoms with Gasteiger partial charge in [-0.15, -0.1) is 0 Å². The highest BCUT2D eigenvalue weighted by Crippen LogP contribution is 2.43. The number of hydrogen-bond donors (Lipinski definition) is 0. The molecule has 1 aromatic carbocycles. The number of ether oxygens (including phenoxy) is 1. The molecule has 1 heteroatoms. The molecule has 1 aliphatic rings. The van der Waals surface area contributed by atoms with Crippen LogP contribution in [-0.4, -0.2) is 7.11 Å². The third-order valence-electron chi connectivity index (χ3n) is 5.19. The van der Waals surface area contributed by atoms with Crippen molar-refractivity contribution < 1.29 is 4.74 Å². The second-order valence-electron chi connectivity index (χ2n) is 7.38. The van der Waals surface area contributed by atoms with Gasteiger partial charge in [0.05, 0.1) is 7.11 Å². The molecule has 1 unspecified atom stereocenters. The van der Waals surface area contributed by atoms with Gasteiger partial charge in [-0.25, -0.2) is 0 Å². The standard InChI is InChI=1S/C21H30O/c1-15(2)18-14-17(10-12-20(18)22-6)9-11-19-16(3)8-7-13-21(19,4)5/h8,10,12,14,19H,1,7,9,11,13H2,2-6H3. The van der Waals surface area contributed by atoms with Crippen LogP contribution in [0.4, 0.5) is 0 Å². The van der Waals surface area contributed by atoms with E-state index in [2.05, 4.69) is 51.6 Å². The Morgan fingerprint density at radius 3 is 2.68 bits per heavy atom. The van der Waals surface area contributed by atoms with Crippen LogP contribution in [0.1, 0.15) is 58.1 Å². The SMILES string of the molecule is C=C(C)c1cc(CCC2C(C)=CCCC2(C)C)ccc1OC. The molecule has 0 fully saturated rings. The fourth-order valence-corrected chi connectivity index (χ4v) is 3.78. The molecule has 0 spiro atoms. The van der Waals surface area contributed by atoms with Gasteiger partial charge < -0.3 is 4.74 Å². The van der Waals surface area contributed by atoms with Gasteiger partial charge in [0.2, 0.25) is 0 Å². The summed E-state index contributed by atoms with van der Waals surface area (Å²) in [6.07, 6.45) is 7.30. The van der Waals surface area contributed by atoms with Crippen molar-refractivity contribution in [2.45, 2.75) is 53.4 Å². The molecule has 1 aliphatic carbocycles. The summed E-state index contributed by atoms with van der Waals surface area (Å²) in [6.45, 7) is 13.3. The van der Waals surface area contributed by atoms with E-state index in [1.165, 1.54) is 24.8 Å². The van der Waals surface area contributed by atoms with E-state index in [4.69, 9.17) is 4.74 Å². The number of methoxy groups -OCH3 is 1. The average Bonchev–Trinajstić information content (AvgIpc) is 2.45. The lowest BCUT2D eigenvalue weighted by atomic mass is 9.67. The van der Waals surface area contributed by atoms with Gasteiger partial charge in [0.25, 0.3) is 0 Å². The zero-order valence-electron chi connectivity index (χ0n) is 14.8. The van der Waals surface area contributed by atoms with Crippen LogP contribution in [0.3, 0.4) is 0 Å². The predicted octanol–water partition coefficient (Wildman–Crippen LogP) is 6.04. The maximum Gasteiger partial charge on any atom is 0.126 e. The Hall–Kier alpha value is -1.50. The van der Waals surface area contributed by atoms with E-state index in [1.54, 1.807) is 12.7 Å². The lowest BCUT2D eigenvalue weighted by Crippen LogP contribution is -2.28. The van der Waals surface area contributed by atoms with E-state index in [-0.39, 0.29) is 0 Å². The molecule has 0 saturated carbocycles. The number of aryl methyl sites for hydroxylation is 1. The number of hydrogen-bond acceptors (Lipinski definition) is 1. The largest absolute Gasteiger partial charge is 0.496 e. The fraction of sp³-hybridized carbons (Fsp3) is 0.524. The first kappa shape index (κ1) is 16.9. The van der Waals surface area contributed by atoms with E-state index in [0.29, 0.717) is 11.3 Å². The van der Waals surface area contributed by atoms with Gasteiger partial charge in [-0.05, 0) is 74.1 Å². The van der Waals surface area contributed by atoms with Crippen LogP contribution in [0.25, 0.3) is 5.57 Å². The van der Waals surface area contributed by atoms with Gasteiger partial charge >= 0.3 is 0 Å². The van der Waals surface area contributed by atoms with Crippen LogP contribution in [0, 0.1) is 11.3 Å². The second-order valence-corrected chi connectivity index (χ2v) is 7.38. The molecule has 22 heavy (non-hydrogen) atoms. The van der Waals surface area contributed by atoms with Crippen molar-refractivity contribution in [2.75, 3.05) is 7.11 Å². The maximum atomic E-state index is 5.44. The van der Waals surface area contributed by atoms with E-state index in [9.17, 15) is 0 Å². The lowest BCUT2D eigenvalue weighted by Gasteiger charge is -2.38. The van der Waals surface area contributed by atoms with Crippen molar-refractivity contribution in [1.82, 2.24) is 0 Å². The van der Waals surface area contributed by atoms with Gasteiger partial charge in [-0.2, -0.15) is 0 Å². The summed E-state index contributed by atoms with van der Waals surface area (Å²) in [6, 6.07) is 6.52. The molecule has 0 radical (unpaired) electrons. The highest BCUT2D eigenvalue weighted by Gasteiger charge is 2.32. The molecule has 0 saturated heterocycles. The molecule has 0 bridgehead atoms. The molecule has 2 rings (SSSR count). The zero-order chi connectivity index (χ0) is 16.3. The van der Waals surface area contributed by atoms with Gasteiger partial charge in [0, 0.05) is 5.56 Å². The molecule has 1 aromatic rings. The molecule has 0 heterocycles. The van der Waals surface area contributed by atoms with Gasteiger partial charge in [-0.1, -0.05) is 38.1 Å². The van der Waals surface area contributed by atoms with Crippen LogP contribution < -0.4 is 4.74 Å². The Kier molecular flexibility index (Phi) is 5.16. The maximum absolute atomic E-state index is 5.44. The molecule has 1 nitrogen and oxygen atoms in total. The summed E-state index contributed by atoms with van der Waals surface area (Å²) < 4.78 is 5.44. The Bertz CT molecular complexity index is 578. The Balaban J connectivity index is 2.14. The first-order chi connectivity index (χ1) is 10.3. The number of rotatable bonds is 5. The van der Waals surface area contributed by atoms with E-state index in [0.717, 1.165) is 23.3 Å². The second kappa shape index (κ2) is 6.73. The van der Waals surface area contributed by atoms with Crippen LogP contribution in [0.15, 0.2) is 36.4 Å². The van der Waals surface area contributed by atoms with E-state index in [1.807, 2.05) is 6.92 Å². The molecule has 0 aliphatic heterocycles. The summed E-state index contributed by atoms with van der Waals surface area (Å²) >= 11 is 0. The normalized spacial score (nSPS) is 20.4. The zero-order valence-corrected chi connectivity index (χ0v) is 14.8. The van der Waals surface area contributed by atoms with Crippen LogP contribution in [0.5, 0.6) is 5.75 Å². The van der Waals surface area contributed by atoms with Crippen molar-refractivity contribution in [3.63, 3.8) is 0 Å². The minimum absolute atomic E-state index is 0.419. The van der Waals surface area contributed by atoms with Crippen LogP contribution in [0.2, 0.25) is 0 Å². The summed E-state index contributed by atoms with van der Waals surface area (Å²) in [5, 5.41) is 0. The number of benzene rings is 1. The van der Waals surface area contributed by atoms with Crippen molar-refractivity contribution in [3.05, 3.63) is 47.6 Å². The quantitative estimate of drug-likeness (QED) is 0.602. The van der Waals surface area contributed by atoms with Crippen molar-refractivity contribution in [3.8, 4) is 5.75 Å². The molecule has 1 atom stereocenters. The average molecular weight is 298 g/mol. The first-order valence-corrected chi connectivity index (χ1v) is 8.34. The third kappa shape index (κ3) is 3.63. The molecule has 120 valence electrons. The molecule has 0 aromatic heterocycles. The first-order valence-electron chi connectivity index (χ1n) is 8.34. The van der Waals surface area contributed by atoms with Gasteiger partial charge in [0.1, 0.15) is 5.75 Å². The Morgan fingerprint density at radius 2 is 2.09 bits per heavy atom. The topological polar surface area (TPSA) is 9.23 Å². The minimum Gasteiger partial charge on any atom is -0.496 e. The third-order valence-corrected chi connectivity index (χ3v) is 5.19. The summed E-state index contributed by atoms with van der Waals surface area (Å²) in [7, 11) is 1.72. The molecule has 0 amide bonds. The Morgan fingerprint density at radius 1 is 1.36 bits per heavy atom. The summed E-state index contributed by atoms with van der Waals surface area (Å²) in [5.74, 6) is 1.61. The van der Waals surface area contributed by atoms with E-state index < -0.39 is 0 Å². The lowest BCUT2D eigenvalue weighted by molar-refractivity contribution is 0.204. The fourth-order valence-electron chi connectivity index (χ4n) is 3.78. The van der Waals surface area contributed by atoms with Crippen molar-refractivity contribution in [2.24, 2.45) is 11.3 Å². The highest BCUT2D eigenvalue weighted by molar-refractivity contribution is 5.67. The van der Waals surface area contributed by atoms with Gasteiger partial charge in [0.15, 0.2) is 0 Å². The smallest absolute Gasteiger partial charge is 0.126 e. The predicted molar refractivity (Wildman–Crippen MR) is 96.3 cm³/mol. The van der Waals surface area contributed by atoms with E-state index >= 15 is 0 Å². The molecular formula is C21H30O.